The number of halogens is 3. The first-order valence-electron chi connectivity index (χ1n) is 10.2. The maximum absolute atomic E-state index is 12.3. The molecule has 3 aromatic rings. The second kappa shape index (κ2) is 10.6. The minimum absolute atomic E-state index is 0.0956. The number of nitrogens with zero attached hydrogens (tertiary/aromatic N) is 5. The molecule has 0 radical (unpaired) electrons. The van der Waals surface area contributed by atoms with Crippen molar-refractivity contribution < 1.29 is 22.7 Å². The molecule has 0 saturated carbocycles. The van der Waals surface area contributed by atoms with E-state index in [9.17, 15) is 18.0 Å². The standard InChI is InChI=1S/C21H25F3N6O2S/c1-14-4-6-18(33-14)12-29(9-8-25-16(3)31)20-28-27-15(2)30(20)11-17-5-7-19(26-10-17)32-13-21(22,23)24/h4-7,10H,8-9,11-13H2,1-3H3,(H,25,31). The Labute approximate surface area is 193 Å². The molecule has 0 fully saturated rings. The molecule has 1 N–H and O–H groups in total. The third-order valence-electron chi connectivity index (χ3n) is 4.62. The smallest absolute Gasteiger partial charge is 0.422 e. The molecule has 0 bridgehead atoms. The lowest BCUT2D eigenvalue weighted by Crippen LogP contribution is -2.35. The maximum atomic E-state index is 12.3. The fourth-order valence-corrected chi connectivity index (χ4v) is 4.00. The number of rotatable bonds is 10. The van der Waals surface area contributed by atoms with E-state index in [4.69, 9.17) is 0 Å². The molecule has 1 amide bonds. The summed E-state index contributed by atoms with van der Waals surface area (Å²) in [5.74, 6) is 1.09. The van der Waals surface area contributed by atoms with Gasteiger partial charge in [-0.15, -0.1) is 21.5 Å². The van der Waals surface area contributed by atoms with Gasteiger partial charge in [-0.25, -0.2) is 4.98 Å². The first-order valence-corrected chi connectivity index (χ1v) is 11.0. The molecule has 3 heterocycles. The van der Waals surface area contributed by atoms with E-state index in [0.29, 0.717) is 38.0 Å². The molecule has 0 saturated heterocycles. The van der Waals surface area contributed by atoms with E-state index in [1.165, 1.54) is 24.1 Å². The number of thiophene rings is 1. The number of ether oxygens (including phenoxy) is 1. The number of carbonyl (C=O) groups excluding carboxylic acids is 1. The van der Waals surface area contributed by atoms with Crippen molar-refractivity contribution >= 4 is 23.2 Å². The highest BCUT2D eigenvalue weighted by Gasteiger charge is 2.28. The van der Waals surface area contributed by atoms with Crippen LogP contribution in [0.2, 0.25) is 0 Å². The Morgan fingerprint density at radius 1 is 1.21 bits per heavy atom. The molecule has 0 unspecified atom stereocenters. The molecule has 178 valence electrons. The van der Waals surface area contributed by atoms with Crippen LogP contribution < -0.4 is 15.0 Å². The molecule has 8 nitrogen and oxygen atoms in total. The van der Waals surface area contributed by atoms with Gasteiger partial charge in [0.2, 0.25) is 17.7 Å². The molecule has 0 aliphatic heterocycles. The number of pyridine rings is 1. The van der Waals surface area contributed by atoms with Crippen LogP contribution in [0.15, 0.2) is 30.5 Å². The zero-order chi connectivity index (χ0) is 24.0. The van der Waals surface area contributed by atoms with Gasteiger partial charge in [0, 0.05) is 42.0 Å². The number of aryl methyl sites for hydroxylation is 2. The number of hydrogen-bond donors (Lipinski definition) is 1. The molecule has 0 aliphatic carbocycles. The van der Waals surface area contributed by atoms with Crippen molar-refractivity contribution in [3.8, 4) is 5.88 Å². The molecule has 0 atom stereocenters. The molecule has 33 heavy (non-hydrogen) atoms. The summed E-state index contributed by atoms with van der Waals surface area (Å²) in [6, 6.07) is 7.17. The number of amides is 1. The number of alkyl halides is 3. The molecule has 3 rings (SSSR count). The Hall–Kier alpha value is -3.15. The van der Waals surface area contributed by atoms with E-state index < -0.39 is 12.8 Å². The zero-order valence-electron chi connectivity index (χ0n) is 18.5. The Balaban J connectivity index is 1.77. The zero-order valence-corrected chi connectivity index (χ0v) is 19.3. The summed E-state index contributed by atoms with van der Waals surface area (Å²) in [6.45, 7) is 5.88. The highest BCUT2D eigenvalue weighted by atomic mass is 32.1. The summed E-state index contributed by atoms with van der Waals surface area (Å²) < 4.78 is 43.6. The molecule has 0 spiro atoms. The van der Waals surface area contributed by atoms with Gasteiger partial charge < -0.3 is 15.0 Å². The summed E-state index contributed by atoms with van der Waals surface area (Å²) in [6.07, 6.45) is -2.95. The van der Waals surface area contributed by atoms with Crippen LogP contribution in [0.1, 0.15) is 28.1 Å². The van der Waals surface area contributed by atoms with Gasteiger partial charge in [0.1, 0.15) is 5.82 Å². The lowest BCUT2D eigenvalue weighted by atomic mass is 10.3. The van der Waals surface area contributed by atoms with Crippen LogP contribution in [0, 0.1) is 13.8 Å². The molecule has 0 aliphatic rings. The van der Waals surface area contributed by atoms with Crippen molar-refractivity contribution in [3.63, 3.8) is 0 Å². The third-order valence-corrected chi connectivity index (χ3v) is 5.60. The topological polar surface area (TPSA) is 85.2 Å². The third kappa shape index (κ3) is 7.45. The predicted molar refractivity (Wildman–Crippen MR) is 118 cm³/mol. The van der Waals surface area contributed by atoms with E-state index in [0.717, 1.165) is 10.4 Å². The number of hydrogen-bond acceptors (Lipinski definition) is 7. The van der Waals surface area contributed by atoms with Crippen molar-refractivity contribution in [1.82, 2.24) is 25.1 Å². The predicted octanol–water partition coefficient (Wildman–Crippen LogP) is 3.48. The monoisotopic (exact) mass is 482 g/mol. The van der Waals surface area contributed by atoms with Crippen molar-refractivity contribution in [2.24, 2.45) is 0 Å². The van der Waals surface area contributed by atoms with Crippen LogP contribution in [0.25, 0.3) is 0 Å². The minimum Gasteiger partial charge on any atom is -0.468 e. The Bertz CT molecular complexity index is 1060. The fraction of sp³-hybridized carbons (Fsp3) is 0.429. The maximum Gasteiger partial charge on any atom is 0.422 e. The highest BCUT2D eigenvalue weighted by Crippen LogP contribution is 2.23. The second-order valence-corrected chi connectivity index (χ2v) is 8.83. The van der Waals surface area contributed by atoms with E-state index in [-0.39, 0.29) is 11.8 Å². The van der Waals surface area contributed by atoms with Gasteiger partial charge in [-0.3, -0.25) is 9.36 Å². The van der Waals surface area contributed by atoms with Crippen molar-refractivity contribution in [3.05, 3.63) is 51.6 Å². The summed E-state index contributed by atoms with van der Waals surface area (Å²) >= 11 is 1.68. The quantitative estimate of drug-likeness (QED) is 0.476. The van der Waals surface area contributed by atoms with Gasteiger partial charge in [0.05, 0.1) is 13.1 Å². The average molecular weight is 483 g/mol. The normalized spacial score (nSPS) is 11.5. The first kappa shape index (κ1) is 24.5. The summed E-state index contributed by atoms with van der Waals surface area (Å²) in [5.41, 5.74) is 0.757. The van der Waals surface area contributed by atoms with Gasteiger partial charge in [-0.1, -0.05) is 6.07 Å². The van der Waals surface area contributed by atoms with Gasteiger partial charge in [-0.2, -0.15) is 13.2 Å². The van der Waals surface area contributed by atoms with Crippen LogP contribution in [0.5, 0.6) is 5.88 Å². The minimum atomic E-state index is -4.42. The SMILES string of the molecule is CC(=O)NCCN(Cc1ccc(C)s1)c1nnc(C)n1Cc1ccc(OCC(F)(F)F)nc1. The Kier molecular flexibility index (Phi) is 7.90. The molecular weight excluding hydrogens is 457 g/mol. The molecular formula is C21H25F3N6O2S. The Morgan fingerprint density at radius 2 is 2.00 bits per heavy atom. The number of carbonyl (C=O) groups is 1. The number of nitrogens with one attached hydrogen (secondary N) is 1. The Morgan fingerprint density at radius 3 is 2.61 bits per heavy atom. The average Bonchev–Trinajstić information content (AvgIpc) is 3.31. The van der Waals surface area contributed by atoms with Crippen molar-refractivity contribution in [2.75, 3.05) is 24.6 Å². The van der Waals surface area contributed by atoms with Crippen LogP contribution in [0.3, 0.4) is 0 Å². The van der Waals surface area contributed by atoms with E-state index >= 15 is 0 Å². The van der Waals surface area contributed by atoms with Gasteiger partial charge >= 0.3 is 6.18 Å². The molecule has 12 heteroatoms. The van der Waals surface area contributed by atoms with Crippen molar-refractivity contribution in [1.29, 1.82) is 0 Å². The lowest BCUT2D eigenvalue weighted by molar-refractivity contribution is -0.154. The molecule has 3 aromatic heterocycles. The van der Waals surface area contributed by atoms with Crippen LogP contribution in [-0.2, 0) is 17.9 Å². The summed E-state index contributed by atoms with van der Waals surface area (Å²) in [7, 11) is 0. The lowest BCUT2D eigenvalue weighted by Gasteiger charge is -2.24. The first-order chi connectivity index (χ1) is 15.6. The van der Waals surface area contributed by atoms with E-state index in [1.54, 1.807) is 17.4 Å². The second-order valence-electron chi connectivity index (χ2n) is 7.46. The fourth-order valence-electron chi connectivity index (χ4n) is 3.09. The summed E-state index contributed by atoms with van der Waals surface area (Å²) in [4.78, 5) is 19.7. The summed E-state index contributed by atoms with van der Waals surface area (Å²) in [5, 5.41) is 11.4. The number of anilines is 1. The van der Waals surface area contributed by atoms with Crippen LogP contribution in [-0.4, -0.2) is 51.5 Å². The molecule has 0 aromatic carbocycles. The van der Waals surface area contributed by atoms with Crippen molar-refractivity contribution in [2.45, 2.75) is 40.0 Å². The largest absolute Gasteiger partial charge is 0.468 e. The van der Waals surface area contributed by atoms with Gasteiger partial charge in [0.15, 0.2) is 6.61 Å². The van der Waals surface area contributed by atoms with Gasteiger partial charge in [0.25, 0.3) is 0 Å². The number of aromatic nitrogens is 4. The van der Waals surface area contributed by atoms with E-state index in [1.807, 2.05) is 23.3 Å². The van der Waals surface area contributed by atoms with Crippen LogP contribution >= 0.6 is 11.3 Å². The van der Waals surface area contributed by atoms with E-state index in [2.05, 4.69) is 37.4 Å². The van der Waals surface area contributed by atoms with Gasteiger partial charge in [-0.05, 0) is 31.5 Å². The highest BCUT2D eigenvalue weighted by molar-refractivity contribution is 7.11. The van der Waals surface area contributed by atoms with Crippen LogP contribution in [0.4, 0.5) is 19.1 Å².